The van der Waals surface area contributed by atoms with Crippen LogP contribution in [0.25, 0.3) is 0 Å². The van der Waals surface area contributed by atoms with Crippen molar-refractivity contribution in [1.29, 1.82) is 0 Å². The lowest BCUT2D eigenvalue weighted by Crippen LogP contribution is -2.06. The van der Waals surface area contributed by atoms with E-state index in [-0.39, 0.29) is 6.04 Å². The van der Waals surface area contributed by atoms with Gasteiger partial charge >= 0.3 is 0 Å². The highest BCUT2D eigenvalue weighted by atomic mass is 32.1. The molecule has 0 aliphatic heterocycles. The minimum Gasteiger partial charge on any atom is -0.378 e. The SMILES string of the molecule is Cc1ncsc1C(C)Nc1ccc(Cn2cncn2)cc1. The summed E-state index contributed by atoms with van der Waals surface area (Å²) >= 11 is 1.69. The Morgan fingerprint density at radius 3 is 2.71 bits per heavy atom. The maximum Gasteiger partial charge on any atom is 0.137 e. The van der Waals surface area contributed by atoms with Gasteiger partial charge in [0, 0.05) is 10.6 Å². The molecule has 0 fully saturated rings. The van der Waals surface area contributed by atoms with Gasteiger partial charge in [0.25, 0.3) is 0 Å². The first-order valence-electron chi connectivity index (χ1n) is 6.80. The highest BCUT2D eigenvalue weighted by molar-refractivity contribution is 7.09. The van der Waals surface area contributed by atoms with Gasteiger partial charge in [-0.15, -0.1) is 11.3 Å². The molecule has 6 heteroatoms. The molecule has 5 nitrogen and oxygen atoms in total. The van der Waals surface area contributed by atoms with E-state index in [2.05, 4.69) is 51.6 Å². The minimum atomic E-state index is 0.263. The maximum atomic E-state index is 4.30. The van der Waals surface area contributed by atoms with Crippen LogP contribution < -0.4 is 5.32 Å². The molecule has 2 heterocycles. The number of aromatic nitrogens is 4. The molecule has 3 rings (SSSR count). The molecule has 108 valence electrons. The van der Waals surface area contributed by atoms with Crippen molar-refractivity contribution in [3.05, 3.63) is 58.6 Å². The summed E-state index contributed by atoms with van der Waals surface area (Å²) < 4.78 is 1.81. The van der Waals surface area contributed by atoms with Crippen LogP contribution in [0.4, 0.5) is 5.69 Å². The quantitative estimate of drug-likeness (QED) is 0.785. The van der Waals surface area contributed by atoms with E-state index in [0.29, 0.717) is 0 Å². The molecule has 1 aromatic carbocycles. The fourth-order valence-electron chi connectivity index (χ4n) is 2.25. The Morgan fingerprint density at radius 2 is 2.10 bits per heavy atom. The summed E-state index contributed by atoms with van der Waals surface area (Å²) in [5, 5.41) is 7.62. The Hall–Kier alpha value is -2.21. The van der Waals surface area contributed by atoms with Crippen molar-refractivity contribution in [2.45, 2.75) is 26.4 Å². The zero-order valence-electron chi connectivity index (χ0n) is 12.0. The second kappa shape index (κ2) is 6.05. The first-order valence-corrected chi connectivity index (χ1v) is 7.68. The van der Waals surface area contributed by atoms with Crippen LogP contribution in [0.1, 0.15) is 29.1 Å². The van der Waals surface area contributed by atoms with Crippen molar-refractivity contribution in [1.82, 2.24) is 19.7 Å². The molecule has 0 aliphatic rings. The van der Waals surface area contributed by atoms with E-state index in [4.69, 9.17) is 0 Å². The van der Waals surface area contributed by atoms with Crippen LogP contribution in [0.2, 0.25) is 0 Å². The lowest BCUT2D eigenvalue weighted by Gasteiger charge is -2.14. The van der Waals surface area contributed by atoms with Crippen molar-refractivity contribution in [2.24, 2.45) is 0 Å². The Bertz CT molecular complexity index is 687. The van der Waals surface area contributed by atoms with E-state index < -0.39 is 0 Å². The number of aryl methyl sites for hydroxylation is 1. The van der Waals surface area contributed by atoms with Gasteiger partial charge in [-0.05, 0) is 31.5 Å². The minimum absolute atomic E-state index is 0.263. The van der Waals surface area contributed by atoms with E-state index in [1.807, 2.05) is 17.1 Å². The summed E-state index contributed by atoms with van der Waals surface area (Å²) in [6, 6.07) is 8.67. The Balaban J connectivity index is 1.66. The average Bonchev–Trinajstić information content (AvgIpc) is 3.12. The van der Waals surface area contributed by atoms with E-state index in [1.165, 1.54) is 10.4 Å². The van der Waals surface area contributed by atoms with Gasteiger partial charge in [-0.25, -0.2) is 14.6 Å². The molecule has 3 aromatic rings. The number of benzene rings is 1. The number of anilines is 1. The van der Waals surface area contributed by atoms with Crippen molar-refractivity contribution in [3.63, 3.8) is 0 Å². The third-order valence-corrected chi connectivity index (χ3v) is 4.44. The van der Waals surface area contributed by atoms with Crippen LogP contribution in [0.5, 0.6) is 0 Å². The Kier molecular flexibility index (Phi) is 3.96. The van der Waals surface area contributed by atoms with Gasteiger partial charge in [0.15, 0.2) is 0 Å². The van der Waals surface area contributed by atoms with Crippen LogP contribution in [-0.2, 0) is 6.54 Å². The molecule has 0 saturated heterocycles. The van der Waals surface area contributed by atoms with Crippen LogP contribution in [0.3, 0.4) is 0 Å². The standard InChI is InChI=1S/C15H17N5S/c1-11-15(21-10-17-11)12(2)19-14-5-3-13(4-6-14)7-20-9-16-8-18-20/h3-6,8-10,12,19H,7H2,1-2H3. The van der Waals surface area contributed by atoms with Gasteiger partial charge in [-0.3, -0.25) is 0 Å². The second-order valence-corrected chi connectivity index (χ2v) is 5.84. The summed E-state index contributed by atoms with van der Waals surface area (Å²) in [7, 11) is 0. The predicted octanol–water partition coefficient (Wildman–Crippen LogP) is 3.26. The van der Waals surface area contributed by atoms with Crippen LogP contribution in [-0.4, -0.2) is 19.7 Å². The molecule has 1 N–H and O–H groups in total. The highest BCUT2D eigenvalue weighted by Crippen LogP contribution is 2.25. The first-order chi connectivity index (χ1) is 10.2. The number of nitrogens with one attached hydrogen (secondary N) is 1. The monoisotopic (exact) mass is 299 g/mol. The molecule has 0 spiro atoms. The van der Waals surface area contributed by atoms with Crippen molar-refractivity contribution >= 4 is 17.0 Å². The number of rotatable bonds is 5. The lowest BCUT2D eigenvalue weighted by molar-refractivity contribution is 0.685. The number of thiazole rings is 1. The molecule has 0 amide bonds. The van der Waals surface area contributed by atoms with Crippen molar-refractivity contribution in [2.75, 3.05) is 5.32 Å². The molecule has 2 aromatic heterocycles. The third-order valence-electron chi connectivity index (χ3n) is 3.32. The molecule has 1 atom stereocenters. The fourth-order valence-corrected chi connectivity index (χ4v) is 3.06. The smallest absolute Gasteiger partial charge is 0.137 e. The van der Waals surface area contributed by atoms with Gasteiger partial charge in [-0.2, -0.15) is 5.10 Å². The molecule has 0 radical (unpaired) electrons. The Labute approximate surface area is 127 Å². The van der Waals surface area contributed by atoms with Gasteiger partial charge < -0.3 is 5.32 Å². The Morgan fingerprint density at radius 1 is 1.29 bits per heavy atom. The number of nitrogens with zero attached hydrogens (tertiary/aromatic N) is 4. The van der Waals surface area contributed by atoms with E-state index >= 15 is 0 Å². The zero-order chi connectivity index (χ0) is 14.7. The van der Waals surface area contributed by atoms with E-state index in [9.17, 15) is 0 Å². The van der Waals surface area contributed by atoms with Crippen LogP contribution in [0, 0.1) is 6.92 Å². The second-order valence-electron chi connectivity index (χ2n) is 4.96. The van der Waals surface area contributed by atoms with Gasteiger partial charge in [-0.1, -0.05) is 12.1 Å². The summed E-state index contributed by atoms with van der Waals surface area (Å²) in [6.07, 6.45) is 3.27. The molecule has 1 unspecified atom stereocenters. The maximum absolute atomic E-state index is 4.30. The van der Waals surface area contributed by atoms with Crippen molar-refractivity contribution < 1.29 is 0 Å². The highest BCUT2D eigenvalue weighted by Gasteiger charge is 2.10. The van der Waals surface area contributed by atoms with E-state index in [1.54, 1.807) is 24.0 Å². The predicted molar refractivity (Wildman–Crippen MR) is 84.5 cm³/mol. The molecule has 0 saturated carbocycles. The topological polar surface area (TPSA) is 55.6 Å². The molecule has 0 aliphatic carbocycles. The van der Waals surface area contributed by atoms with Crippen molar-refractivity contribution in [3.8, 4) is 0 Å². The summed E-state index contributed by atoms with van der Waals surface area (Å²) in [5.41, 5.74) is 5.30. The molecule has 21 heavy (non-hydrogen) atoms. The largest absolute Gasteiger partial charge is 0.378 e. The molecule has 0 bridgehead atoms. The lowest BCUT2D eigenvalue weighted by atomic mass is 10.2. The van der Waals surface area contributed by atoms with Gasteiger partial charge in [0.05, 0.1) is 23.8 Å². The van der Waals surface area contributed by atoms with Crippen LogP contribution in [0.15, 0.2) is 42.4 Å². The summed E-state index contributed by atoms with van der Waals surface area (Å²) in [5.74, 6) is 0. The molecular formula is C15H17N5S. The summed E-state index contributed by atoms with van der Waals surface area (Å²) in [6.45, 7) is 4.94. The normalized spacial score (nSPS) is 12.3. The third kappa shape index (κ3) is 3.28. The van der Waals surface area contributed by atoms with Gasteiger partial charge in [0.1, 0.15) is 12.7 Å². The summed E-state index contributed by atoms with van der Waals surface area (Å²) in [4.78, 5) is 9.52. The molecular weight excluding hydrogens is 282 g/mol. The number of hydrogen-bond donors (Lipinski definition) is 1. The van der Waals surface area contributed by atoms with Gasteiger partial charge in [0.2, 0.25) is 0 Å². The first kappa shape index (κ1) is 13.8. The van der Waals surface area contributed by atoms with E-state index in [0.717, 1.165) is 17.9 Å². The fraction of sp³-hybridized carbons (Fsp3) is 0.267. The van der Waals surface area contributed by atoms with Crippen LogP contribution >= 0.6 is 11.3 Å². The number of hydrogen-bond acceptors (Lipinski definition) is 5. The average molecular weight is 299 g/mol. The zero-order valence-corrected chi connectivity index (χ0v) is 12.8.